The summed E-state index contributed by atoms with van der Waals surface area (Å²) < 4.78 is 47.0. The molecule has 0 amide bonds. The summed E-state index contributed by atoms with van der Waals surface area (Å²) in [6, 6.07) is 12.9. The van der Waals surface area contributed by atoms with Crippen LogP contribution in [0, 0.1) is 6.92 Å². The number of carbonyl (C=O) groups excluding carboxylic acids is 1. The van der Waals surface area contributed by atoms with Gasteiger partial charge in [-0.15, -0.1) is 15.3 Å². The lowest BCUT2D eigenvalue weighted by molar-refractivity contribution is -0.141. The zero-order chi connectivity index (χ0) is 27.0. The molecule has 0 fully saturated rings. The average Bonchev–Trinajstić information content (AvgIpc) is 3.32. The maximum absolute atomic E-state index is 13.4. The second kappa shape index (κ2) is 9.50. The van der Waals surface area contributed by atoms with E-state index in [1.807, 2.05) is 31.2 Å². The van der Waals surface area contributed by atoms with Crippen molar-refractivity contribution in [2.45, 2.75) is 20.0 Å². The first-order valence-electron chi connectivity index (χ1n) is 11.2. The molecule has 0 saturated heterocycles. The maximum atomic E-state index is 13.4. The summed E-state index contributed by atoms with van der Waals surface area (Å²) in [4.78, 5) is 21.3. The van der Waals surface area contributed by atoms with Crippen molar-refractivity contribution in [3.05, 3.63) is 71.8 Å². The van der Waals surface area contributed by atoms with Gasteiger partial charge in [0, 0.05) is 11.3 Å². The van der Waals surface area contributed by atoms with Gasteiger partial charge in [0.1, 0.15) is 12.1 Å². The normalized spacial score (nSPS) is 11.5. The molecule has 1 N–H and O–H groups in total. The molecule has 0 bridgehead atoms. The molecule has 0 saturated carbocycles. The number of alkyl halides is 3. The smallest absolute Gasteiger partial charge is 0.435 e. The fraction of sp³-hybridized carbons (Fsp3) is 0.160. The number of hydrogen-bond acceptors (Lipinski definition) is 9. The fourth-order valence-corrected chi connectivity index (χ4v) is 3.80. The first-order chi connectivity index (χ1) is 18.1. The van der Waals surface area contributed by atoms with Crippen LogP contribution in [-0.4, -0.2) is 47.8 Å². The Kier molecular flexibility index (Phi) is 6.18. The van der Waals surface area contributed by atoms with Gasteiger partial charge in [-0.3, -0.25) is 9.36 Å². The van der Waals surface area contributed by atoms with Crippen LogP contribution < -0.4 is 10.1 Å². The number of carbonyl (C=O) groups is 1. The SMILES string of the molecule is COc1nnc(C(F)(F)F)cc1-c1nc(-n2cnc3cc(Nc4ccc(C)nn4)ccc32)ccc1C(C)=O. The van der Waals surface area contributed by atoms with Crippen molar-refractivity contribution >= 4 is 28.3 Å². The number of aromatic nitrogens is 7. The van der Waals surface area contributed by atoms with Crippen LogP contribution >= 0.6 is 0 Å². The van der Waals surface area contributed by atoms with Crippen LogP contribution in [0.4, 0.5) is 24.7 Å². The Bertz CT molecular complexity index is 1670. The number of pyridine rings is 1. The molecule has 1 aromatic carbocycles. The highest BCUT2D eigenvalue weighted by Crippen LogP contribution is 2.35. The lowest BCUT2D eigenvalue weighted by atomic mass is 10.0. The van der Waals surface area contributed by atoms with E-state index in [0.29, 0.717) is 22.7 Å². The fourth-order valence-electron chi connectivity index (χ4n) is 3.80. The summed E-state index contributed by atoms with van der Waals surface area (Å²) >= 11 is 0. The summed E-state index contributed by atoms with van der Waals surface area (Å²) in [6.07, 6.45) is -3.22. The Balaban J connectivity index is 1.59. The summed E-state index contributed by atoms with van der Waals surface area (Å²) in [5.41, 5.74) is 1.55. The van der Waals surface area contributed by atoms with Gasteiger partial charge in [0.15, 0.2) is 17.3 Å². The van der Waals surface area contributed by atoms with Gasteiger partial charge in [0.05, 0.1) is 35.1 Å². The van der Waals surface area contributed by atoms with E-state index in [2.05, 4.69) is 35.7 Å². The number of imidazole rings is 1. The van der Waals surface area contributed by atoms with Crippen LogP contribution in [0.1, 0.15) is 28.7 Å². The van der Waals surface area contributed by atoms with E-state index in [1.165, 1.54) is 26.4 Å². The van der Waals surface area contributed by atoms with Crippen LogP contribution in [-0.2, 0) is 6.18 Å². The first kappa shape index (κ1) is 24.7. The van der Waals surface area contributed by atoms with Crippen molar-refractivity contribution in [3.8, 4) is 23.0 Å². The quantitative estimate of drug-likeness (QED) is 0.310. The molecule has 0 aliphatic carbocycles. The minimum absolute atomic E-state index is 0.0228. The number of methoxy groups -OCH3 is 1. The number of ether oxygens (including phenoxy) is 1. The summed E-state index contributed by atoms with van der Waals surface area (Å²) in [7, 11) is 1.25. The van der Waals surface area contributed by atoms with E-state index in [-0.39, 0.29) is 22.7 Å². The number of nitrogens with zero attached hydrogens (tertiary/aromatic N) is 7. The molecular weight excluding hydrogens is 501 g/mol. The monoisotopic (exact) mass is 520 g/mol. The Hall–Kier alpha value is -4.94. The van der Waals surface area contributed by atoms with E-state index >= 15 is 0 Å². The average molecular weight is 520 g/mol. The highest BCUT2D eigenvalue weighted by Gasteiger charge is 2.35. The van der Waals surface area contributed by atoms with Crippen LogP contribution in [0.3, 0.4) is 0 Å². The van der Waals surface area contributed by atoms with Crippen LogP contribution in [0.5, 0.6) is 5.88 Å². The second-order valence-corrected chi connectivity index (χ2v) is 8.28. The third-order valence-electron chi connectivity index (χ3n) is 5.62. The number of fused-ring (bicyclic) bond motifs is 1. The Morgan fingerprint density at radius 2 is 1.82 bits per heavy atom. The zero-order valence-corrected chi connectivity index (χ0v) is 20.3. The van der Waals surface area contributed by atoms with E-state index in [1.54, 1.807) is 16.7 Å². The lowest BCUT2D eigenvalue weighted by Crippen LogP contribution is -2.11. The Morgan fingerprint density at radius 1 is 1.00 bits per heavy atom. The third kappa shape index (κ3) is 4.73. The first-order valence-corrected chi connectivity index (χ1v) is 11.2. The highest BCUT2D eigenvalue weighted by molar-refractivity contribution is 6.00. The number of Topliss-reactive ketones (excluding diaryl/α,β-unsaturated/α-hetero) is 1. The molecule has 10 nitrogen and oxygen atoms in total. The number of nitrogens with one attached hydrogen (secondary N) is 1. The number of aryl methyl sites for hydroxylation is 1. The van der Waals surface area contributed by atoms with Gasteiger partial charge in [-0.2, -0.15) is 18.3 Å². The van der Waals surface area contributed by atoms with Gasteiger partial charge in [0.25, 0.3) is 0 Å². The summed E-state index contributed by atoms with van der Waals surface area (Å²) in [6.45, 7) is 3.14. The molecule has 0 aliphatic rings. The van der Waals surface area contributed by atoms with Crippen LogP contribution in [0.2, 0.25) is 0 Å². The molecule has 192 valence electrons. The molecule has 5 aromatic rings. The van der Waals surface area contributed by atoms with E-state index < -0.39 is 17.7 Å². The van der Waals surface area contributed by atoms with Crippen molar-refractivity contribution in [2.75, 3.05) is 12.4 Å². The van der Waals surface area contributed by atoms with Gasteiger partial charge in [-0.05, 0) is 62.4 Å². The van der Waals surface area contributed by atoms with Crippen molar-refractivity contribution in [1.82, 2.24) is 34.9 Å². The number of benzene rings is 1. The highest BCUT2D eigenvalue weighted by atomic mass is 19.4. The van der Waals surface area contributed by atoms with Crippen molar-refractivity contribution in [3.63, 3.8) is 0 Å². The molecule has 0 aliphatic heterocycles. The molecule has 4 aromatic heterocycles. The molecule has 0 unspecified atom stereocenters. The number of hydrogen-bond donors (Lipinski definition) is 1. The largest absolute Gasteiger partial charge is 0.479 e. The molecule has 13 heteroatoms. The van der Waals surface area contributed by atoms with Gasteiger partial charge in [-0.1, -0.05) is 0 Å². The standard InChI is InChI=1S/C25H19F3N8O2/c1-13-4-8-21(34-32-13)30-15-5-7-19-18(10-15)29-12-36(19)22-9-6-16(14(2)37)23(31-22)17-11-20(25(26,27)28)33-35-24(17)38-3/h4-12H,1-3H3,(H,30,34). The second-order valence-electron chi connectivity index (χ2n) is 8.28. The molecule has 0 atom stereocenters. The molecule has 4 heterocycles. The van der Waals surface area contributed by atoms with Crippen molar-refractivity contribution in [2.24, 2.45) is 0 Å². The summed E-state index contributed by atoms with van der Waals surface area (Å²) in [5, 5.41) is 18.0. The van der Waals surface area contributed by atoms with Gasteiger partial charge in [-0.25, -0.2) is 9.97 Å². The predicted octanol–water partition coefficient (Wildman–Crippen LogP) is 4.95. The topological polar surface area (TPSA) is 121 Å². The van der Waals surface area contributed by atoms with Gasteiger partial charge in [0.2, 0.25) is 5.88 Å². The minimum atomic E-state index is -4.75. The van der Waals surface area contributed by atoms with Gasteiger partial charge >= 0.3 is 6.18 Å². The molecule has 0 spiro atoms. The van der Waals surface area contributed by atoms with Crippen LogP contribution in [0.15, 0.2) is 54.9 Å². The number of anilines is 2. The number of halogens is 3. The lowest BCUT2D eigenvalue weighted by Gasteiger charge is -2.14. The Labute approximate surface area is 213 Å². The van der Waals surface area contributed by atoms with Gasteiger partial charge < -0.3 is 10.1 Å². The summed E-state index contributed by atoms with van der Waals surface area (Å²) in [5.74, 6) is 0.302. The van der Waals surface area contributed by atoms with Crippen LogP contribution in [0.25, 0.3) is 28.1 Å². The minimum Gasteiger partial charge on any atom is -0.479 e. The predicted molar refractivity (Wildman–Crippen MR) is 132 cm³/mol. The molecule has 5 rings (SSSR count). The maximum Gasteiger partial charge on any atom is 0.435 e. The zero-order valence-electron chi connectivity index (χ0n) is 20.3. The molecular formula is C25H19F3N8O2. The third-order valence-corrected chi connectivity index (χ3v) is 5.62. The molecule has 0 radical (unpaired) electrons. The van der Waals surface area contributed by atoms with Crippen molar-refractivity contribution < 1.29 is 22.7 Å². The van der Waals surface area contributed by atoms with E-state index in [9.17, 15) is 18.0 Å². The number of rotatable bonds is 6. The van der Waals surface area contributed by atoms with E-state index in [0.717, 1.165) is 17.4 Å². The van der Waals surface area contributed by atoms with E-state index in [4.69, 9.17) is 4.74 Å². The number of ketones is 1. The van der Waals surface area contributed by atoms with Crippen molar-refractivity contribution in [1.29, 1.82) is 0 Å². The molecule has 38 heavy (non-hydrogen) atoms. The Morgan fingerprint density at radius 3 is 2.50 bits per heavy atom.